The summed E-state index contributed by atoms with van der Waals surface area (Å²) in [4.78, 5) is 0. The van der Waals surface area contributed by atoms with Crippen molar-refractivity contribution in [2.24, 2.45) is 10.9 Å². The zero-order chi connectivity index (χ0) is 9.97. The van der Waals surface area contributed by atoms with Gasteiger partial charge in [-0.1, -0.05) is 6.07 Å². The van der Waals surface area contributed by atoms with Gasteiger partial charge in [-0.15, -0.1) is 0 Å². The lowest BCUT2D eigenvalue weighted by Gasteiger charge is -2.20. The molecule has 0 saturated heterocycles. The topological polar surface area (TPSA) is 56.8 Å². The van der Waals surface area contributed by atoms with Gasteiger partial charge >= 0.3 is 0 Å². The molecule has 0 aromatic heterocycles. The minimum absolute atomic E-state index is 0.601. The molecule has 1 aliphatic rings. The Balaban J connectivity index is 2.55. The minimum atomic E-state index is 0.601. The zero-order valence-corrected chi connectivity index (χ0v) is 7.99. The van der Waals surface area contributed by atoms with Crippen molar-refractivity contribution in [2.45, 2.75) is 6.42 Å². The second-order valence-corrected chi connectivity index (χ2v) is 3.01. The van der Waals surface area contributed by atoms with E-state index in [0.717, 1.165) is 29.2 Å². The summed E-state index contributed by atoms with van der Waals surface area (Å²) in [6.07, 6.45) is 0.747. The number of ether oxygens (including phenoxy) is 2. The van der Waals surface area contributed by atoms with E-state index >= 15 is 0 Å². The first kappa shape index (κ1) is 8.87. The highest BCUT2D eigenvalue weighted by Gasteiger charge is 2.19. The SMILES string of the molecule is COc1cccc2c1OCCC2=NN. The molecule has 0 amide bonds. The van der Waals surface area contributed by atoms with E-state index < -0.39 is 0 Å². The van der Waals surface area contributed by atoms with Crippen LogP contribution in [0.15, 0.2) is 23.3 Å². The molecule has 4 heteroatoms. The van der Waals surface area contributed by atoms with Crippen LogP contribution >= 0.6 is 0 Å². The number of methoxy groups -OCH3 is 1. The average Bonchev–Trinajstić information content (AvgIpc) is 2.27. The summed E-state index contributed by atoms with van der Waals surface area (Å²) in [5.74, 6) is 6.77. The lowest BCUT2D eigenvalue weighted by molar-refractivity contribution is 0.295. The summed E-state index contributed by atoms with van der Waals surface area (Å²) in [6, 6.07) is 5.69. The molecule has 0 spiro atoms. The van der Waals surface area contributed by atoms with E-state index in [9.17, 15) is 0 Å². The van der Waals surface area contributed by atoms with Gasteiger partial charge in [0, 0.05) is 12.0 Å². The van der Waals surface area contributed by atoms with Crippen LogP contribution < -0.4 is 15.3 Å². The number of nitrogens with zero attached hydrogens (tertiary/aromatic N) is 1. The van der Waals surface area contributed by atoms with Crippen molar-refractivity contribution < 1.29 is 9.47 Å². The fourth-order valence-corrected chi connectivity index (χ4v) is 1.57. The maximum absolute atomic E-state index is 5.52. The van der Waals surface area contributed by atoms with Crippen molar-refractivity contribution in [1.82, 2.24) is 0 Å². The van der Waals surface area contributed by atoms with E-state index in [4.69, 9.17) is 15.3 Å². The summed E-state index contributed by atoms with van der Waals surface area (Å²) in [6.45, 7) is 0.601. The van der Waals surface area contributed by atoms with Crippen LogP contribution in [0.5, 0.6) is 11.5 Å². The molecular formula is C10H12N2O2. The molecule has 1 aromatic carbocycles. The number of hydrogen-bond acceptors (Lipinski definition) is 4. The number of hydrogen-bond donors (Lipinski definition) is 1. The van der Waals surface area contributed by atoms with Gasteiger partial charge in [-0.2, -0.15) is 5.10 Å². The lowest BCUT2D eigenvalue weighted by atomic mass is 10.0. The molecule has 0 saturated carbocycles. The van der Waals surface area contributed by atoms with Crippen LogP contribution in [0, 0.1) is 0 Å². The average molecular weight is 192 g/mol. The largest absolute Gasteiger partial charge is 0.493 e. The minimum Gasteiger partial charge on any atom is -0.493 e. The third-order valence-corrected chi connectivity index (χ3v) is 2.25. The molecule has 0 fully saturated rings. The van der Waals surface area contributed by atoms with Crippen molar-refractivity contribution in [3.8, 4) is 11.5 Å². The molecule has 0 aliphatic carbocycles. The summed E-state index contributed by atoms with van der Waals surface area (Å²) >= 11 is 0. The van der Waals surface area contributed by atoms with Crippen molar-refractivity contribution in [2.75, 3.05) is 13.7 Å². The van der Waals surface area contributed by atoms with Crippen LogP contribution in [-0.4, -0.2) is 19.4 Å². The molecule has 4 nitrogen and oxygen atoms in total. The number of benzene rings is 1. The summed E-state index contributed by atoms with van der Waals surface area (Å²) in [5.41, 5.74) is 1.79. The number of fused-ring (bicyclic) bond motifs is 1. The highest BCUT2D eigenvalue weighted by molar-refractivity contribution is 6.04. The van der Waals surface area contributed by atoms with Gasteiger partial charge in [-0.05, 0) is 12.1 Å². The molecule has 14 heavy (non-hydrogen) atoms. The molecule has 1 heterocycles. The van der Waals surface area contributed by atoms with E-state index in [1.807, 2.05) is 18.2 Å². The lowest BCUT2D eigenvalue weighted by Crippen LogP contribution is -2.18. The van der Waals surface area contributed by atoms with Gasteiger partial charge in [0.25, 0.3) is 0 Å². The molecule has 2 N–H and O–H groups in total. The molecular weight excluding hydrogens is 180 g/mol. The number of para-hydroxylation sites is 1. The fourth-order valence-electron chi connectivity index (χ4n) is 1.57. The monoisotopic (exact) mass is 192 g/mol. The van der Waals surface area contributed by atoms with Crippen LogP contribution in [-0.2, 0) is 0 Å². The first-order valence-corrected chi connectivity index (χ1v) is 4.43. The van der Waals surface area contributed by atoms with Crippen molar-refractivity contribution in [1.29, 1.82) is 0 Å². The Bertz CT molecular complexity index is 374. The van der Waals surface area contributed by atoms with Gasteiger partial charge in [-0.3, -0.25) is 0 Å². The van der Waals surface area contributed by atoms with Crippen molar-refractivity contribution in [3.63, 3.8) is 0 Å². The highest BCUT2D eigenvalue weighted by Crippen LogP contribution is 2.34. The smallest absolute Gasteiger partial charge is 0.170 e. The van der Waals surface area contributed by atoms with E-state index in [-0.39, 0.29) is 0 Å². The van der Waals surface area contributed by atoms with Gasteiger partial charge < -0.3 is 15.3 Å². The predicted molar refractivity (Wildman–Crippen MR) is 53.8 cm³/mol. The summed E-state index contributed by atoms with van der Waals surface area (Å²) < 4.78 is 10.7. The molecule has 0 radical (unpaired) electrons. The van der Waals surface area contributed by atoms with E-state index in [1.165, 1.54) is 0 Å². The Labute approximate surface area is 82.3 Å². The number of hydrazone groups is 1. The van der Waals surface area contributed by atoms with Gasteiger partial charge in [0.15, 0.2) is 11.5 Å². The van der Waals surface area contributed by atoms with Crippen LogP contribution in [0.2, 0.25) is 0 Å². The molecule has 0 unspecified atom stereocenters. The van der Waals surface area contributed by atoms with Gasteiger partial charge in [0.1, 0.15) is 0 Å². The van der Waals surface area contributed by atoms with Crippen LogP contribution in [0.3, 0.4) is 0 Å². The normalized spacial score (nSPS) is 17.4. The number of nitrogens with two attached hydrogens (primary N) is 1. The summed E-state index contributed by atoms with van der Waals surface area (Å²) in [5, 5.41) is 3.75. The Morgan fingerprint density at radius 1 is 1.50 bits per heavy atom. The standard InChI is InChI=1S/C10H12N2O2/c1-13-9-4-2-3-7-8(12-11)5-6-14-10(7)9/h2-4H,5-6,11H2,1H3. The van der Waals surface area contributed by atoms with E-state index in [1.54, 1.807) is 7.11 Å². The predicted octanol–water partition coefficient (Wildman–Crippen LogP) is 1.14. The maximum atomic E-state index is 5.52. The molecule has 1 aliphatic heterocycles. The van der Waals surface area contributed by atoms with Crippen molar-refractivity contribution >= 4 is 5.71 Å². The zero-order valence-electron chi connectivity index (χ0n) is 7.99. The molecule has 2 rings (SSSR count). The quantitative estimate of drug-likeness (QED) is 0.536. The Morgan fingerprint density at radius 2 is 2.36 bits per heavy atom. The maximum Gasteiger partial charge on any atom is 0.170 e. The summed E-state index contributed by atoms with van der Waals surface area (Å²) in [7, 11) is 1.62. The Hall–Kier alpha value is -1.71. The Kier molecular flexibility index (Phi) is 2.26. The number of rotatable bonds is 1. The fraction of sp³-hybridized carbons (Fsp3) is 0.300. The third kappa shape index (κ3) is 1.28. The van der Waals surface area contributed by atoms with Crippen LogP contribution in [0.1, 0.15) is 12.0 Å². The van der Waals surface area contributed by atoms with Gasteiger partial charge in [0.2, 0.25) is 0 Å². The second kappa shape index (κ2) is 3.57. The molecule has 0 atom stereocenters. The molecule has 0 bridgehead atoms. The molecule has 74 valence electrons. The van der Waals surface area contributed by atoms with E-state index in [0.29, 0.717) is 6.61 Å². The van der Waals surface area contributed by atoms with Crippen LogP contribution in [0.25, 0.3) is 0 Å². The van der Waals surface area contributed by atoms with Gasteiger partial charge in [0.05, 0.1) is 19.4 Å². The van der Waals surface area contributed by atoms with Gasteiger partial charge in [-0.25, -0.2) is 0 Å². The van der Waals surface area contributed by atoms with Crippen molar-refractivity contribution in [3.05, 3.63) is 23.8 Å². The second-order valence-electron chi connectivity index (χ2n) is 3.01. The molecule has 1 aromatic rings. The first-order chi connectivity index (χ1) is 6.86. The first-order valence-electron chi connectivity index (χ1n) is 4.43. The highest BCUT2D eigenvalue weighted by atomic mass is 16.5. The van der Waals surface area contributed by atoms with Crippen LogP contribution in [0.4, 0.5) is 0 Å². The van der Waals surface area contributed by atoms with E-state index in [2.05, 4.69) is 5.10 Å². The third-order valence-electron chi connectivity index (χ3n) is 2.25. The Morgan fingerprint density at radius 3 is 3.07 bits per heavy atom.